The highest BCUT2D eigenvalue weighted by atomic mass is 16.3. The molecule has 1 fully saturated rings. The van der Waals surface area contributed by atoms with Crippen molar-refractivity contribution in [1.29, 1.82) is 0 Å². The van der Waals surface area contributed by atoms with Gasteiger partial charge in [0, 0.05) is 19.1 Å². The maximum Gasteiger partial charge on any atom is 0.0481 e. The van der Waals surface area contributed by atoms with Gasteiger partial charge in [-0.1, -0.05) is 32.6 Å². The molecule has 2 N–H and O–H groups in total. The minimum Gasteiger partial charge on any atom is -0.396 e. The second-order valence-corrected chi connectivity index (χ2v) is 4.59. The monoisotopic (exact) mass is 186 g/mol. The summed E-state index contributed by atoms with van der Waals surface area (Å²) in [5.74, 6) is 1.76. The molecule has 0 heterocycles. The molecule has 13 heavy (non-hydrogen) atoms. The van der Waals surface area contributed by atoms with Crippen LogP contribution in [-0.4, -0.2) is 23.4 Å². The number of aliphatic hydroxyl groups excluding tert-OH is 2. The van der Waals surface area contributed by atoms with Crippen molar-refractivity contribution >= 4 is 0 Å². The van der Waals surface area contributed by atoms with Crippen molar-refractivity contribution in [1.82, 2.24) is 0 Å². The van der Waals surface area contributed by atoms with Crippen LogP contribution < -0.4 is 0 Å². The van der Waals surface area contributed by atoms with Crippen LogP contribution in [0.1, 0.15) is 39.0 Å². The number of hydrogen-bond acceptors (Lipinski definition) is 2. The Bertz CT molecular complexity index is 124. The van der Waals surface area contributed by atoms with Crippen molar-refractivity contribution in [3.8, 4) is 0 Å². The Morgan fingerprint density at radius 2 is 1.62 bits per heavy atom. The zero-order valence-corrected chi connectivity index (χ0v) is 8.58. The molecule has 0 unspecified atom stereocenters. The minimum atomic E-state index is 0.124. The molecule has 2 heteroatoms. The van der Waals surface area contributed by atoms with Gasteiger partial charge in [0.2, 0.25) is 0 Å². The Labute approximate surface area is 81.0 Å². The van der Waals surface area contributed by atoms with E-state index in [4.69, 9.17) is 10.2 Å². The summed E-state index contributed by atoms with van der Waals surface area (Å²) < 4.78 is 0. The Hall–Kier alpha value is -0.0800. The van der Waals surface area contributed by atoms with Crippen LogP contribution in [0, 0.1) is 17.8 Å². The van der Waals surface area contributed by atoms with Gasteiger partial charge in [-0.15, -0.1) is 0 Å². The molecule has 0 aromatic heterocycles. The van der Waals surface area contributed by atoms with E-state index in [9.17, 15) is 0 Å². The lowest BCUT2D eigenvalue weighted by Gasteiger charge is -2.28. The molecule has 0 aromatic carbocycles. The summed E-state index contributed by atoms with van der Waals surface area (Å²) in [6.45, 7) is 2.59. The Balaban J connectivity index is 2.21. The molecule has 1 aliphatic rings. The number of hydrogen-bond donors (Lipinski definition) is 2. The van der Waals surface area contributed by atoms with Gasteiger partial charge in [0.15, 0.2) is 0 Å². The van der Waals surface area contributed by atoms with E-state index in [1.165, 1.54) is 25.7 Å². The van der Waals surface area contributed by atoms with Gasteiger partial charge < -0.3 is 10.2 Å². The Morgan fingerprint density at radius 3 is 2.08 bits per heavy atom. The number of aliphatic hydroxyl groups is 2. The zero-order valence-electron chi connectivity index (χ0n) is 8.58. The summed E-state index contributed by atoms with van der Waals surface area (Å²) in [6, 6.07) is 0. The van der Waals surface area contributed by atoms with E-state index < -0.39 is 0 Å². The Kier molecular flexibility index (Phi) is 4.74. The highest BCUT2D eigenvalue weighted by Gasteiger charge is 2.20. The molecule has 0 atom stereocenters. The topological polar surface area (TPSA) is 40.5 Å². The molecule has 0 aromatic rings. The van der Waals surface area contributed by atoms with Gasteiger partial charge in [-0.05, 0) is 18.3 Å². The predicted octanol–water partition coefficient (Wildman–Crippen LogP) is 1.80. The molecule has 1 rings (SSSR count). The molecular formula is C11H22O2. The lowest BCUT2D eigenvalue weighted by Crippen LogP contribution is -2.20. The molecule has 0 radical (unpaired) electrons. The predicted molar refractivity (Wildman–Crippen MR) is 53.4 cm³/mol. The first-order valence-electron chi connectivity index (χ1n) is 5.48. The smallest absolute Gasteiger partial charge is 0.0481 e. The van der Waals surface area contributed by atoms with Gasteiger partial charge in [-0.3, -0.25) is 0 Å². The minimum absolute atomic E-state index is 0.124. The van der Waals surface area contributed by atoms with Gasteiger partial charge in [0.05, 0.1) is 0 Å². The summed E-state index contributed by atoms with van der Waals surface area (Å²) in [6.07, 6.45) is 6.25. The highest BCUT2D eigenvalue weighted by molar-refractivity contribution is 4.72. The van der Waals surface area contributed by atoms with Gasteiger partial charge in [0.25, 0.3) is 0 Å². The lowest BCUT2D eigenvalue weighted by molar-refractivity contribution is 0.118. The van der Waals surface area contributed by atoms with E-state index in [-0.39, 0.29) is 19.1 Å². The van der Waals surface area contributed by atoms with Crippen molar-refractivity contribution in [2.75, 3.05) is 13.2 Å². The van der Waals surface area contributed by atoms with E-state index in [1.807, 2.05) is 0 Å². The van der Waals surface area contributed by atoms with Crippen molar-refractivity contribution < 1.29 is 10.2 Å². The van der Waals surface area contributed by atoms with E-state index in [1.54, 1.807) is 0 Å². The third-order valence-corrected chi connectivity index (χ3v) is 3.32. The van der Waals surface area contributed by atoms with Gasteiger partial charge in [-0.25, -0.2) is 0 Å². The van der Waals surface area contributed by atoms with E-state index in [0.29, 0.717) is 0 Å². The van der Waals surface area contributed by atoms with Gasteiger partial charge in [-0.2, -0.15) is 0 Å². The average molecular weight is 186 g/mol. The first-order valence-corrected chi connectivity index (χ1v) is 5.48. The third-order valence-electron chi connectivity index (χ3n) is 3.32. The second kappa shape index (κ2) is 5.61. The fourth-order valence-electron chi connectivity index (χ4n) is 2.24. The molecule has 0 saturated heterocycles. The lowest BCUT2D eigenvalue weighted by atomic mass is 9.79. The fraction of sp³-hybridized carbons (Fsp3) is 1.00. The van der Waals surface area contributed by atoms with Crippen LogP contribution >= 0.6 is 0 Å². The normalized spacial score (nSPS) is 29.5. The standard InChI is InChI=1S/C11H22O2/c1-9-2-4-10(5-3-9)6-11(7-12)8-13/h9-13H,2-8H2,1H3. The van der Waals surface area contributed by atoms with Crippen LogP contribution in [0.25, 0.3) is 0 Å². The molecule has 0 aliphatic heterocycles. The van der Waals surface area contributed by atoms with Crippen LogP contribution in [0.5, 0.6) is 0 Å². The van der Waals surface area contributed by atoms with Gasteiger partial charge in [0.1, 0.15) is 0 Å². The van der Waals surface area contributed by atoms with Crippen molar-refractivity contribution in [3.05, 3.63) is 0 Å². The maximum absolute atomic E-state index is 8.95. The molecule has 0 amide bonds. The second-order valence-electron chi connectivity index (χ2n) is 4.59. The van der Waals surface area contributed by atoms with Crippen LogP contribution in [0.15, 0.2) is 0 Å². The Morgan fingerprint density at radius 1 is 1.08 bits per heavy atom. The van der Waals surface area contributed by atoms with E-state index >= 15 is 0 Å². The van der Waals surface area contributed by atoms with Crippen molar-refractivity contribution in [2.24, 2.45) is 17.8 Å². The summed E-state index contributed by atoms with van der Waals surface area (Å²) >= 11 is 0. The van der Waals surface area contributed by atoms with Crippen LogP contribution in [0.2, 0.25) is 0 Å². The number of rotatable bonds is 4. The first-order chi connectivity index (χ1) is 6.26. The molecule has 0 bridgehead atoms. The molecule has 1 saturated carbocycles. The quantitative estimate of drug-likeness (QED) is 0.703. The SMILES string of the molecule is CC1CCC(CC(CO)CO)CC1. The van der Waals surface area contributed by atoms with Crippen LogP contribution in [0.3, 0.4) is 0 Å². The zero-order chi connectivity index (χ0) is 9.68. The molecule has 78 valence electrons. The first kappa shape index (κ1) is 11.0. The average Bonchev–Trinajstić information content (AvgIpc) is 2.17. The summed E-state index contributed by atoms with van der Waals surface area (Å²) in [5, 5.41) is 17.9. The summed E-state index contributed by atoms with van der Waals surface area (Å²) in [4.78, 5) is 0. The maximum atomic E-state index is 8.95. The van der Waals surface area contributed by atoms with Gasteiger partial charge >= 0.3 is 0 Å². The molecule has 2 nitrogen and oxygen atoms in total. The summed E-state index contributed by atoms with van der Waals surface area (Å²) in [7, 11) is 0. The molecule has 1 aliphatic carbocycles. The van der Waals surface area contributed by atoms with Crippen LogP contribution in [-0.2, 0) is 0 Å². The third kappa shape index (κ3) is 3.65. The van der Waals surface area contributed by atoms with Crippen LogP contribution in [0.4, 0.5) is 0 Å². The van der Waals surface area contributed by atoms with E-state index in [0.717, 1.165) is 18.3 Å². The van der Waals surface area contributed by atoms with Crippen molar-refractivity contribution in [2.45, 2.75) is 39.0 Å². The fourth-order valence-corrected chi connectivity index (χ4v) is 2.24. The highest BCUT2D eigenvalue weighted by Crippen LogP contribution is 2.32. The molecule has 0 spiro atoms. The molecular weight excluding hydrogens is 164 g/mol. The van der Waals surface area contributed by atoms with Crippen molar-refractivity contribution in [3.63, 3.8) is 0 Å². The van der Waals surface area contributed by atoms with E-state index in [2.05, 4.69) is 6.92 Å². The summed E-state index contributed by atoms with van der Waals surface area (Å²) in [5.41, 5.74) is 0. The largest absolute Gasteiger partial charge is 0.396 e.